The highest BCUT2D eigenvalue weighted by atomic mass is 32.1. The minimum Gasteiger partial charge on any atom is -0.370 e. The van der Waals surface area contributed by atoms with Gasteiger partial charge < -0.3 is 11.1 Å². The fourth-order valence-electron chi connectivity index (χ4n) is 1.80. The van der Waals surface area contributed by atoms with Crippen LogP contribution in [0.3, 0.4) is 0 Å². The molecule has 2 rings (SSSR count). The van der Waals surface area contributed by atoms with Crippen LogP contribution in [0.4, 0.5) is 0 Å². The van der Waals surface area contributed by atoms with E-state index in [1.165, 1.54) is 0 Å². The second-order valence-corrected chi connectivity index (χ2v) is 5.02. The van der Waals surface area contributed by atoms with Crippen LogP contribution < -0.4 is 11.1 Å². The maximum atomic E-state index is 10.8. The second-order valence-electron chi connectivity index (χ2n) is 4.15. The SMILES string of the molecule is Cc1nc2sccn2c1CNC(C)CC(N)=O. The number of nitrogens with one attached hydrogen (secondary N) is 1. The predicted octanol–water partition coefficient (Wildman–Crippen LogP) is 1.06. The lowest BCUT2D eigenvalue weighted by atomic mass is 10.2. The van der Waals surface area contributed by atoms with Crippen molar-refractivity contribution >= 4 is 22.2 Å². The smallest absolute Gasteiger partial charge is 0.218 e. The summed E-state index contributed by atoms with van der Waals surface area (Å²) in [7, 11) is 0. The number of fused-ring (bicyclic) bond motifs is 1. The second kappa shape index (κ2) is 4.85. The number of aromatic nitrogens is 2. The van der Waals surface area contributed by atoms with Crippen LogP contribution in [-0.2, 0) is 11.3 Å². The van der Waals surface area contributed by atoms with Crippen molar-refractivity contribution in [3.8, 4) is 0 Å². The lowest BCUT2D eigenvalue weighted by Gasteiger charge is -2.11. The molecule has 1 unspecified atom stereocenters. The third-order valence-electron chi connectivity index (χ3n) is 2.69. The van der Waals surface area contributed by atoms with Crippen LogP contribution in [-0.4, -0.2) is 21.3 Å². The molecule has 0 radical (unpaired) electrons. The summed E-state index contributed by atoms with van der Waals surface area (Å²) < 4.78 is 2.07. The summed E-state index contributed by atoms with van der Waals surface area (Å²) in [5.41, 5.74) is 7.31. The van der Waals surface area contributed by atoms with Gasteiger partial charge in [-0.05, 0) is 13.8 Å². The van der Waals surface area contributed by atoms with Gasteiger partial charge >= 0.3 is 0 Å². The van der Waals surface area contributed by atoms with Crippen molar-refractivity contribution in [2.24, 2.45) is 5.73 Å². The molecule has 1 atom stereocenters. The fourth-order valence-corrected chi connectivity index (χ4v) is 2.58. The zero-order valence-corrected chi connectivity index (χ0v) is 10.8. The molecular formula is C11H16N4OS. The number of nitrogens with zero attached hydrogens (tertiary/aromatic N) is 2. The minimum atomic E-state index is -0.282. The zero-order valence-electron chi connectivity index (χ0n) is 9.93. The number of hydrogen-bond acceptors (Lipinski definition) is 4. The fraction of sp³-hybridized carbons (Fsp3) is 0.455. The van der Waals surface area contributed by atoms with Gasteiger partial charge in [0.1, 0.15) is 0 Å². The Morgan fingerprint density at radius 3 is 3.18 bits per heavy atom. The molecular weight excluding hydrogens is 236 g/mol. The Labute approximate surface area is 104 Å². The Kier molecular flexibility index (Phi) is 3.44. The maximum absolute atomic E-state index is 10.8. The summed E-state index contributed by atoms with van der Waals surface area (Å²) >= 11 is 1.62. The van der Waals surface area contributed by atoms with Gasteiger partial charge in [0, 0.05) is 30.6 Å². The van der Waals surface area contributed by atoms with Crippen LogP contribution in [0.1, 0.15) is 24.7 Å². The molecule has 0 aliphatic heterocycles. The van der Waals surface area contributed by atoms with E-state index in [4.69, 9.17) is 5.73 Å². The third kappa shape index (κ3) is 2.65. The summed E-state index contributed by atoms with van der Waals surface area (Å²) in [6, 6.07) is 0.0797. The molecule has 0 bridgehead atoms. The molecule has 17 heavy (non-hydrogen) atoms. The first kappa shape index (κ1) is 12.1. The summed E-state index contributed by atoms with van der Waals surface area (Å²) in [6.07, 6.45) is 2.36. The normalized spacial score (nSPS) is 13.1. The quantitative estimate of drug-likeness (QED) is 0.835. The number of nitrogens with two attached hydrogens (primary N) is 1. The summed E-state index contributed by atoms with van der Waals surface area (Å²) in [4.78, 5) is 16.2. The molecule has 0 aliphatic rings. The monoisotopic (exact) mass is 252 g/mol. The van der Waals surface area contributed by atoms with Crippen molar-refractivity contribution in [3.05, 3.63) is 23.0 Å². The van der Waals surface area contributed by atoms with Gasteiger partial charge in [-0.2, -0.15) is 0 Å². The zero-order chi connectivity index (χ0) is 12.4. The molecule has 0 aromatic carbocycles. The molecule has 2 aromatic rings. The molecule has 1 amide bonds. The van der Waals surface area contributed by atoms with Gasteiger partial charge in [-0.15, -0.1) is 11.3 Å². The van der Waals surface area contributed by atoms with Crippen LogP contribution in [0.2, 0.25) is 0 Å². The van der Waals surface area contributed by atoms with Crippen LogP contribution in [0.15, 0.2) is 11.6 Å². The molecule has 0 aliphatic carbocycles. The lowest BCUT2D eigenvalue weighted by Crippen LogP contribution is -2.31. The number of carbonyl (C=O) groups excluding carboxylic acids is 1. The number of rotatable bonds is 5. The van der Waals surface area contributed by atoms with Crippen LogP contribution in [0.5, 0.6) is 0 Å². The van der Waals surface area contributed by atoms with E-state index in [0.29, 0.717) is 13.0 Å². The molecule has 5 nitrogen and oxygen atoms in total. The molecule has 92 valence electrons. The van der Waals surface area contributed by atoms with Crippen molar-refractivity contribution in [1.82, 2.24) is 14.7 Å². The average Bonchev–Trinajstić information content (AvgIpc) is 2.74. The molecule has 2 heterocycles. The van der Waals surface area contributed by atoms with Gasteiger partial charge in [-0.25, -0.2) is 4.98 Å². The summed E-state index contributed by atoms with van der Waals surface area (Å²) in [5, 5.41) is 5.29. The van der Waals surface area contributed by atoms with E-state index in [-0.39, 0.29) is 11.9 Å². The van der Waals surface area contributed by atoms with Gasteiger partial charge in [0.25, 0.3) is 0 Å². The third-order valence-corrected chi connectivity index (χ3v) is 3.44. The van der Waals surface area contributed by atoms with Crippen LogP contribution in [0.25, 0.3) is 4.96 Å². The van der Waals surface area contributed by atoms with E-state index >= 15 is 0 Å². The van der Waals surface area contributed by atoms with Gasteiger partial charge in [0.2, 0.25) is 5.91 Å². The first-order chi connectivity index (χ1) is 8.08. The number of aryl methyl sites for hydroxylation is 1. The number of thiazole rings is 1. The topological polar surface area (TPSA) is 72.4 Å². The van der Waals surface area contributed by atoms with Crippen LogP contribution >= 0.6 is 11.3 Å². The Balaban J connectivity index is 2.05. The van der Waals surface area contributed by atoms with Crippen molar-refractivity contribution < 1.29 is 4.79 Å². The molecule has 0 saturated heterocycles. The van der Waals surface area contributed by atoms with Crippen molar-refractivity contribution in [1.29, 1.82) is 0 Å². The van der Waals surface area contributed by atoms with E-state index < -0.39 is 0 Å². The highest BCUT2D eigenvalue weighted by molar-refractivity contribution is 7.15. The number of hydrogen-bond donors (Lipinski definition) is 2. The number of primary amides is 1. The molecule has 0 spiro atoms. The van der Waals surface area contributed by atoms with E-state index in [1.54, 1.807) is 11.3 Å². The average molecular weight is 252 g/mol. The van der Waals surface area contributed by atoms with Gasteiger partial charge in [-0.3, -0.25) is 9.20 Å². The Bertz CT molecular complexity index is 531. The maximum Gasteiger partial charge on any atom is 0.218 e. The first-order valence-corrected chi connectivity index (χ1v) is 6.38. The van der Waals surface area contributed by atoms with E-state index in [0.717, 1.165) is 16.3 Å². The number of imidazole rings is 1. The molecule has 0 saturated carbocycles. The van der Waals surface area contributed by atoms with Gasteiger partial charge in [0.05, 0.1) is 11.4 Å². The van der Waals surface area contributed by atoms with Crippen molar-refractivity contribution in [2.45, 2.75) is 32.9 Å². The van der Waals surface area contributed by atoms with E-state index in [2.05, 4.69) is 14.7 Å². The predicted molar refractivity (Wildman–Crippen MR) is 67.9 cm³/mol. The van der Waals surface area contributed by atoms with Crippen molar-refractivity contribution in [3.63, 3.8) is 0 Å². The Morgan fingerprint density at radius 1 is 1.71 bits per heavy atom. The highest BCUT2D eigenvalue weighted by Gasteiger charge is 2.11. The van der Waals surface area contributed by atoms with Crippen molar-refractivity contribution in [2.75, 3.05) is 0 Å². The Hall–Kier alpha value is -1.40. The largest absolute Gasteiger partial charge is 0.370 e. The van der Waals surface area contributed by atoms with Gasteiger partial charge in [0.15, 0.2) is 4.96 Å². The molecule has 6 heteroatoms. The number of carbonyl (C=O) groups is 1. The van der Waals surface area contributed by atoms with E-state index in [1.807, 2.05) is 25.4 Å². The lowest BCUT2D eigenvalue weighted by molar-refractivity contribution is -0.118. The first-order valence-electron chi connectivity index (χ1n) is 5.50. The van der Waals surface area contributed by atoms with Gasteiger partial charge in [-0.1, -0.05) is 0 Å². The molecule has 3 N–H and O–H groups in total. The van der Waals surface area contributed by atoms with Crippen LogP contribution in [0, 0.1) is 6.92 Å². The summed E-state index contributed by atoms with van der Waals surface area (Å²) in [5.74, 6) is -0.282. The Morgan fingerprint density at radius 2 is 2.47 bits per heavy atom. The molecule has 2 aromatic heterocycles. The summed E-state index contributed by atoms with van der Waals surface area (Å²) in [6.45, 7) is 4.64. The standard InChI is InChI=1S/C11H16N4OS/c1-7(5-10(12)16)13-6-9-8(2)14-11-15(9)3-4-17-11/h3-4,7,13H,5-6H2,1-2H3,(H2,12,16). The highest BCUT2D eigenvalue weighted by Crippen LogP contribution is 2.16. The molecule has 0 fully saturated rings. The minimum absolute atomic E-state index is 0.0797. The number of amides is 1. The van der Waals surface area contributed by atoms with E-state index in [9.17, 15) is 4.79 Å².